The van der Waals surface area contributed by atoms with Crippen LogP contribution in [0.2, 0.25) is 0 Å². The first-order chi connectivity index (χ1) is 8.13. The van der Waals surface area contributed by atoms with Gasteiger partial charge in [0, 0.05) is 12.7 Å². The van der Waals surface area contributed by atoms with Gasteiger partial charge in [-0.25, -0.2) is 4.98 Å². The summed E-state index contributed by atoms with van der Waals surface area (Å²) in [6, 6.07) is 5.69. The molecule has 0 fully saturated rings. The van der Waals surface area contributed by atoms with Crippen molar-refractivity contribution in [3.8, 4) is 0 Å². The molecule has 1 aromatic heterocycles. The molecule has 90 valence electrons. The first kappa shape index (κ1) is 11.6. The number of hydrogen-bond donors (Lipinski definition) is 1. The highest BCUT2D eigenvalue weighted by Gasteiger charge is 2.12. The summed E-state index contributed by atoms with van der Waals surface area (Å²) in [5.74, 6) is -0.171. The molecule has 2 rings (SSSR count). The lowest BCUT2D eigenvalue weighted by Gasteiger charge is -2.03. The normalized spacial score (nSPS) is 10.9. The number of aliphatic carboxylic acids is 1. The highest BCUT2D eigenvalue weighted by molar-refractivity contribution is 5.81. The van der Waals surface area contributed by atoms with Crippen molar-refractivity contribution in [1.29, 1.82) is 0 Å². The second-order valence-electron chi connectivity index (χ2n) is 3.86. The molecular weight excluding hydrogens is 220 g/mol. The van der Waals surface area contributed by atoms with Crippen molar-refractivity contribution in [2.45, 2.75) is 20.1 Å². The highest BCUT2D eigenvalue weighted by Crippen LogP contribution is 2.20. The van der Waals surface area contributed by atoms with E-state index in [0.717, 1.165) is 16.6 Å². The second kappa shape index (κ2) is 4.55. The molecule has 5 nitrogen and oxygen atoms in total. The fraction of sp³-hybridized carbons (Fsp3) is 0.333. The predicted octanol–water partition coefficient (Wildman–Crippen LogP) is 1.58. The van der Waals surface area contributed by atoms with Crippen LogP contribution in [-0.2, 0) is 22.7 Å². The molecular formula is C12H14N2O3. The molecule has 0 aliphatic carbocycles. The van der Waals surface area contributed by atoms with Crippen molar-refractivity contribution in [2.75, 3.05) is 7.11 Å². The van der Waals surface area contributed by atoms with E-state index in [0.29, 0.717) is 12.4 Å². The molecule has 1 N–H and O–H groups in total. The maximum Gasteiger partial charge on any atom is 0.323 e. The van der Waals surface area contributed by atoms with E-state index in [2.05, 4.69) is 4.98 Å². The zero-order chi connectivity index (χ0) is 12.4. The molecule has 0 spiro atoms. The molecule has 0 unspecified atom stereocenters. The number of aromatic nitrogens is 2. The summed E-state index contributed by atoms with van der Waals surface area (Å²) in [6.07, 6.45) is 0. The van der Waals surface area contributed by atoms with Gasteiger partial charge < -0.3 is 14.4 Å². The lowest BCUT2D eigenvalue weighted by molar-refractivity contribution is -0.137. The summed E-state index contributed by atoms with van der Waals surface area (Å²) in [5.41, 5.74) is 2.62. The number of benzene rings is 1. The van der Waals surface area contributed by atoms with Gasteiger partial charge in [0.25, 0.3) is 0 Å². The van der Waals surface area contributed by atoms with Crippen molar-refractivity contribution < 1.29 is 14.6 Å². The Hall–Kier alpha value is -1.88. The Morgan fingerprint density at radius 3 is 2.94 bits per heavy atom. The zero-order valence-corrected chi connectivity index (χ0v) is 9.80. The highest BCUT2D eigenvalue weighted by atomic mass is 16.5. The third-order valence-electron chi connectivity index (χ3n) is 2.65. The fourth-order valence-corrected chi connectivity index (χ4v) is 1.93. The molecule has 0 amide bonds. The van der Waals surface area contributed by atoms with Crippen LogP contribution in [0.1, 0.15) is 11.4 Å². The molecule has 0 radical (unpaired) electrons. The number of fused-ring (bicyclic) bond motifs is 1. The first-order valence-electron chi connectivity index (χ1n) is 5.29. The van der Waals surface area contributed by atoms with E-state index in [-0.39, 0.29) is 6.54 Å². The molecule has 0 atom stereocenters. The largest absolute Gasteiger partial charge is 0.480 e. The number of para-hydroxylation sites is 1. The second-order valence-corrected chi connectivity index (χ2v) is 3.86. The van der Waals surface area contributed by atoms with Crippen LogP contribution in [0.3, 0.4) is 0 Å². The van der Waals surface area contributed by atoms with E-state index in [4.69, 9.17) is 9.84 Å². The minimum absolute atomic E-state index is 0.0707. The van der Waals surface area contributed by atoms with Crippen LogP contribution in [-0.4, -0.2) is 27.7 Å². The van der Waals surface area contributed by atoms with Gasteiger partial charge in [-0.1, -0.05) is 12.1 Å². The van der Waals surface area contributed by atoms with Gasteiger partial charge in [0.1, 0.15) is 12.4 Å². The number of aryl methyl sites for hydroxylation is 1. The smallest absolute Gasteiger partial charge is 0.323 e. The monoisotopic (exact) mass is 234 g/mol. The number of carbonyl (C=O) groups is 1. The van der Waals surface area contributed by atoms with E-state index in [1.807, 2.05) is 18.2 Å². The van der Waals surface area contributed by atoms with E-state index in [1.54, 1.807) is 18.6 Å². The standard InChI is InChI=1S/C12H14N2O3/c1-8-13-12-9(7-17-2)4-3-5-10(12)14(8)6-11(15)16/h3-5H,6-7H2,1-2H3,(H,15,16). The molecule has 0 saturated carbocycles. The van der Waals surface area contributed by atoms with Gasteiger partial charge in [-0.15, -0.1) is 0 Å². The Labute approximate surface area is 98.6 Å². The maximum atomic E-state index is 10.8. The van der Waals surface area contributed by atoms with Crippen LogP contribution in [0.15, 0.2) is 18.2 Å². The average Bonchev–Trinajstić information content (AvgIpc) is 2.57. The van der Waals surface area contributed by atoms with Crippen LogP contribution < -0.4 is 0 Å². The van der Waals surface area contributed by atoms with Crippen molar-refractivity contribution >= 4 is 17.0 Å². The number of methoxy groups -OCH3 is 1. The van der Waals surface area contributed by atoms with Gasteiger partial charge in [-0.3, -0.25) is 4.79 Å². The minimum Gasteiger partial charge on any atom is -0.480 e. The molecule has 1 aromatic carbocycles. The molecule has 2 aromatic rings. The number of imidazole rings is 1. The van der Waals surface area contributed by atoms with Gasteiger partial charge >= 0.3 is 5.97 Å². The Balaban J connectivity index is 2.58. The Morgan fingerprint density at radius 1 is 1.53 bits per heavy atom. The third kappa shape index (κ3) is 2.14. The topological polar surface area (TPSA) is 64.4 Å². The number of ether oxygens (including phenoxy) is 1. The first-order valence-corrected chi connectivity index (χ1v) is 5.29. The van der Waals surface area contributed by atoms with E-state index < -0.39 is 5.97 Å². The number of hydrogen-bond acceptors (Lipinski definition) is 3. The number of carboxylic acids is 1. The van der Waals surface area contributed by atoms with Crippen LogP contribution in [0.4, 0.5) is 0 Å². The van der Waals surface area contributed by atoms with Gasteiger partial charge in [-0.05, 0) is 13.0 Å². The molecule has 0 saturated heterocycles. The van der Waals surface area contributed by atoms with Crippen molar-refractivity contribution in [3.63, 3.8) is 0 Å². The fourth-order valence-electron chi connectivity index (χ4n) is 1.93. The zero-order valence-electron chi connectivity index (χ0n) is 9.80. The van der Waals surface area contributed by atoms with Crippen molar-refractivity contribution in [3.05, 3.63) is 29.6 Å². The van der Waals surface area contributed by atoms with Crippen LogP contribution in [0.25, 0.3) is 11.0 Å². The number of carboxylic acid groups (broad SMARTS) is 1. The predicted molar refractivity (Wildman–Crippen MR) is 62.8 cm³/mol. The summed E-state index contributed by atoms with van der Waals surface area (Å²) in [5, 5.41) is 8.87. The number of nitrogens with zero attached hydrogens (tertiary/aromatic N) is 2. The number of rotatable bonds is 4. The van der Waals surface area contributed by atoms with E-state index in [1.165, 1.54) is 0 Å². The summed E-state index contributed by atoms with van der Waals surface area (Å²) in [6.45, 7) is 2.21. The molecule has 0 bridgehead atoms. The molecule has 5 heteroatoms. The third-order valence-corrected chi connectivity index (χ3v) is 2.65. The summed E-state index contributed by atoms with van der Waals surface area (Å²) >= 11 is 0. The summed E-state index contributed by atoms with van der Waals surface area (Å²) in [4.78, 5) is 15.2. The van der Waals surface area contributed by atoms with Crippen molar-refractivity contribution in [2.24, 2.45) is 0 Å². The van der Waals surface area contributed by atoms with E-state index >= 15 is 0 Å². The van der Waals surface area contributed by atoms with Gasteiger partial charge in [0.2, 0.25) is 0 Å². The molecule has 0 aliphatic rings. The molecule has 17 heavy (non-hydrogen) atoms. The van der Waals surface area contributed by atoms with Crippen molar-refractivity contribution in [1.82, 2.24) is 9.55 Å². The van der Waals surface area contributed by atoms with Crippen LogP contribution in [0.5, 0.6) is 0 Å². The van der Waals surface area contributed by atoms with E-state index in [9.17, 15) is 4.79 Å². The molecule has 0 aliphatic heterocycles. The maximum absolute atomic E-state index is 10.8. The lowest BCUT2D eigenvalue weighted by Crippen LogP contribution is -2.09. The average molecular weight is 234 g/mol. The summed E-state index contributed by atoms with van der Waals surface area (Å²) in [7, 11) is 1.62. The Kier molecular flexibility index (Phi) is 3.10. The van der Waals surface area contributed by atoms with Gasteiger partial charge in [-0.2, -0.15) is 0 Å². The Morgan fingerprint density at radius 2 is 2.29 bits per heavy atom. The van der Waals surface area contributed by atoms with Crippen LogP contribution in [0, 0.1) is 6.92 Å². The van der Waals surface area contributed by atoms with Crippen LogP contribution >= 0.6 is 0 Å². The quantitative estimate of drug-likeness (QED) is 0.872. The molecule has 1 heterocycles. The van der Waals surface area contributed by atoms with Gasteiger partial charge in [0.15, 0.2) is 0 Å². The summed E-state index contributed by atoms with van der Waals surface area (Å²) < 4.78 is 6.79. The Bertz CT molecular complexity index is 560. The minimum atomic E-state index is -0.871. The lowest BCUT2D eigenvalue weighted by atomic mass is 10.2. The SMILES string of the molecule is COCc1cccc2c1nc(C)n2CC(=O)O. The van der Waals surface area contributed by atoms with Gasteiger partial charge in [0.05, 0.1) is 17.6 Å².